The third kappa shape index (κ3) is 3.56. The molecule has 1 N–H and O–H groups in total. The topological polar surface area (TPSA) is 75.7 Å². The van der Waals surface area contributed by atoms with Gasteiger partial charge < -0.3 is 4.74 Å². The first-order valence-corrected chi connectivity index (χ1v) is 9.00. The Morgan fingerprint density at radius 3 is 2.35 bits per heavy atom. The summed E-state index contributed by atoms with van der Waals surface area (Å²) in [6.07, 6.45) is 1.43. The van der Waals surface area contributed by atoms with Gasteiger partial charge in [-0.15, -0.1) is 0 Å². The van der Waals surface area contributed by atoms with Crippen molar-refractivity contribution in [3.63, 3.8) is 0 Å². The molecule has 2 aromatic carbocycles. The molecular formula is C18H12Br2N2O4. The van der Waals surface area contributed by atoms with Crippen molar-refractivity contribution in [2.75, 3.05) is 12.0 Å². The Morgan fingerprint density at radius 1 is 1.04 bits per heavy atom. The van der Waals surface area contributed by atoms with Gasteiger partial charge in [-0.05, 0) is 64.0 Å². The zero-order chi connectivity index (χ0) is 18.8. The number of nitrogens with one attached hydrogen (secondary N) is 1. The van der Waals surface area contributed by atoms with Crippen LogP contribution in [0.5, 0.6) is 5.75 Å². The van der Waals surface area contributed by atoms with Gasteiger partial charge in [-0.3, -0.25) is 14.9 Å². The van der Waals surface area contributed by atoms with Crippen LogP contribution in [0.4, 0.5) is 10.5 Å². The SMILES string of the molecule is COc1ccc(/C=C2\C(=O)NC(=O)N(c3ccc(Br)cc3)C2=O)cc1Br. The molecule has 1 heterocycles. The second-order valence-electron chi connectivity index (χ2n) is 5.33. The number of imide groups is 2. The number of ether oxygens (including phenoxy) is 1. The van der Waals surface area contributed by atoms with Gasteiger partial charge >= 0.3 is 6.03 Å². The highest BCUT2D eigenvalue weighted by Crippen LogP contribution is 2.28. The number of anilines is 1. The third-order valence-corrected chi connectivity index (χ3v) is 4.82. The van der Waals surface area contributed by atoms with E-state index in [4.69, 9.17) is 4.74 Å². The maximum Gasteiger partial charge on any atom is 0.335 e. The van der Waals surface area contributed by atoms with Gasteiger partial charge in [-0.25, -0.2) is 9.69 Å². The Bertz CT molecular complexity index is 939. The lowest BCUT2D eigenvalue weighted by Gasteiger charge is -2.26. The third-order valence-electron chi connectivity index (χ3n) is 3.67. The minimum Gasteiger partial charge on any atom is -0.496 e. The number of methoxy groups -OCH3 is 1. The van der Waals surface area contributed by atoms with Crippen molar-refractivity contribution < 1.29 is 19.1 Å². The molecule has 4 amide bonds. The first-order valence-electron chi connectivity index (χ1n) is 7.41. The van der Waals surface area contributed by atoms with E-state index >= 15 is 0 Å². The van der Waals surface area contributed by atoms with Crippen LogP contribution in [0.25, 0.3) is 6.08 Å². The highest BCUT2D eigenvalue weighted by molar-refractivity contribution is 9.10. The molecule has 0 atom stereocenters. The van der Waals surface area contributed by atoms with Gasteiger partial charge in [0.15, 0.2) is 0 Å². The lowest BCUT2D eigenvalue weighted by molar-refractivity contribution is -0.122. The van der Waals surface area contributed by atoms with Gasteiger partial charge in [-0.2, -0.15) is 0 Å². The van der Waals surface area contributed by atoms with Crippen LogP contribution in [0, 0.1) is 0 Å². The van der Waals surface area contributed by atoms with Gasteiger partial charge in [0, 0.05) is 4.47 Å². The van der Waals surface area contributed by atoms with E-state index in [0.29, 0.717) is 21.5 Å². The molecule has 8 heteroatoms. The number of nitrogens with zero attached hydrogens (tertiary/aromatic N) is 1. The number of hydrogen-bond donors (Lipinski definition) is 1. The second-order valence-corrected chi connectivity index (χ2v) is 7.10. The van der Waals surface area contributed by atoms with Gasteiger partial charge in [0.1, 0.15) is 11.3 Å². The number of benzene rings is 2. The fraction of sp³-hybridized carbons (Fsp3) is 0.0556. The number of hydrogen-bond acceptors (Lipinski definition) is 4. The molecule has 1 fully saturated rings. The van der Waals surface area contributed by atoms with Crippen LogP contribution in [-0.4, -0.2) is 25.0 Å². The van der Waals surface area contributed by atoms with E-state index < -0.39 is 17.8 Å². The minimum atomic E-state index is -0.782. The highest BCUT2D eigenvalue weighted by atomic mass is 79.9. The summed E-state index contributed by atoms with van der Waals surface area (Å²) in [6.45, 7) is 0. The van der Waals surface area contributed by atoms with E-state index in [1.807, 2.05) is 0 Å². The predicted molar refractivity (Wildman–Crippen MR) is 104 cm³/mol. The van der Waals surface area contributed by atoms with E-state index in [1.54, 1.807) is 42.5 Å². The molecule has 26 heavy (non-hydrogen) atoms. The van der Waals surface area contributed by atoms with Crippen LogP contribution in [0.15, 0.2) is 57.0 Å². The maximum atomic E-state index is 12.8. The molecule has 1 aliphatic heterocycles. The van der Waals surface area contributed by atoms with Gasteiger partial charge in [0.05, 0.1) is 17.3 Å². The van der Waals surface area contributed by atoms with E-state index in [9.17, 15) is 14.4 Å². The standard InChI is InChI=1S/C18H12Br2N2O4/c1-26-15-7-2-10(9-14(15)20)8-13-16(23)21-18(25)22(17(13)24)12-5-3-11(19)4-6-12/h2-9H,1H3,(H,21,23,25)/b13-8+. The fourth-order valence-electron chi connectivity index (χ4n) is 2.42. The smallest absolute Gasteiger partial charge is 0.335 e. The predicted octanol–water partition coefficient (Wildman–Crippen LogP) is 3.89. The number of barbiturate groups is 1. The molecule has 0 unspecified atom stereocenters. The zero-order valence-electron chi connectivity index (χ0n) is 13.5. The molecule has 2 aromatic rings. The number of carbonyl (C=O) groups excluding carboxylic acids is 3. The lowest BCUT2D eigenvalue weighted by atomic mass is 10.1. The molecule has 0 bridgehead atoms. The Kier molecular flexibility index (Phi) is 5.24. The average molecular weight is 480 g/mol. The van der Waals surface area contributed by atoms with Crippen molar-refractivity contribution in [3.05, 3.63) is 62.5 Å². The van der Waals surface area contributed by atoms with E-state index in [-0.39, 0.29) is 5.57 Å². The summed E-state index contributed by atoms with van der Waals surface area (Å²) >= 11 is 6.66. The number of halogens is 2. The van der Waals surface area contributed by atoms with Crippen molar-refractivity contribution in [2.24, 2.45) is 0 Å². The van der Waals surface area contributed by atoms with Crippen molar-refractivity contribution in [3.8, 4) is 5.75 Å². The Labute approximate surface area is 166 Å². The van der Waals surface area contributed by atoms with Crippen LogP contribution in [0.3, 0.4) is 0 Å². The summed E-state index contributed by atoms with van der Waals surface area (Å²) in [4.78, 5) is 38.0. The van der Waals surface area contributed by atoms with E-state index in [0.717, 1.165) is 9.37 Å². The first kappa shape index (κ1) is 18.3. The quantitative estimate of drug-likeness (QED) is 0.535. The Balaban J connectivity index is 1.99. The summed E-state index contributed by atoms with van der Waals surface area (Å²) in [5.74, 6) is -0.799. The highest BCUT2D eigenvalue weighted by Gasteiger charge is 2.36. The number of amides is 4. The first-order chi connectivity index (χ1) is 12.4. The Hall–Kier alpha value is -2.45. The fourth-order valence-corrected chi connectivity index (χ4v) is 3.24. The second kappa shape index (κ2) is 7.43. The Morgan fingerprint density at radius 2 is 1.73 bits per heavy atom. The molecule has 1 saturated heterocycles. The minimum absolute atomic E-state index is 0.135. The lowest BCUT2D eigenvalue weighted by Crippen LogP contribution is -2.54. The summed E-state index contributed by atoms with van der Waals surface area (Å²) in [5, 5.41) is 2.19. The van der Waals surface area contributed by atoms with Crippen molar-refractivity contribution in [2.45, 2.75) is 0 Å². The van der Waals surface area contributed by atoms with E-state index in [1.165, 1.54) is 13.2 Å². The van der Waals surface area contributed by atoms with Gasteiger partial charge in [0.25, 0.3) is 11.8 Å². The molecular weight excluding hydrogens is 468 g/mol. The van der Waals surface area contributed by atoms with Crippen LogP contribution in [-0.2, 0) is 9.59 Å². The van der Waals surface area contributed by atoms with Crippen molar-refractivity contribution in [1.29, 1.82) is 0 Å². The average Bonchev–Trinajstić information content (AvgIpc) is 2.60. The number of carbonyl (C=O) groups is 3. The van der Waals surface area contributed by atoms with Crippen LogP contribution < -0.4 is 15.0 Å². The summed E-state index contributed by atoms with van der Waals surface area (Å²) in [7, 11) is 1.54. The van der Waals surface area contributed by atoms with Crippen molar-refractivity contribution >= 4 is 61.5 Å². The van der Waals surface area contributed by atoms with Crippen molar-refractivity contribution in [1.82, 2.24) is 5.32 Å². The van der Waals surface area contributed by atoms with Gasteiger partial charge in [0.2, 0.25) is 0 Å². The molecule has 0 saturated carbocycles. The molecule has 0 aromatic heterocycles. The summed E-state index contributed by atoms with van der Waals surface area (Å²) < 4.78 is 6.65. The normalized spacial score (nSPS) is 16.0. The molecule has 132 valence electrons. The van der Waals surface area contributed by atoms with Crippen LogP contribution >= 0.6 is 31.9 Å². The molecule has 0 spiro atoms. The number of urea groups is 1. The molecule has 0 radical (unpaired) electrons. The summed E-state index contributed by atoms with van der Waals surface area (Å²) in [6, 6.07) is 11.0. The number of rotatable bonds is 3. The zero-order valence-corrected chi connectivity index (χ0v) is 16.6. The summed E-state index contributed by atoms with van der Waals surface area (Å²) in [5.41, 5.74) is 0.843. The largest absolute Gasteiger partial charge is 0.496 e. The van der Waals surface area contributed by atoms with Crippen LogP contribution in [0.1, 0.15) is 5.56 Å². The van der Waals surface area contributed by atoms with Gasteiger partial charge in [-0.1, -0.05) is 22.0 Å². The van der Waals surface area contributed by atoms with E-state index in [2.05, 4.69) is 37.2 Å². The molecule has 3 rings (SSSR count). The maximum absolute atomic E-state index is 12.8. The van der Waals surface area contributed by atoms with Crippen LogP contribution in [0.2, 0.25) is 0 Å². The molecule has 0 aliphatic carbocycles. The monoisotopic (exact) mass is 478 g/mol. The molecule has 6 nitrogen and oxygen atoms in total. The molecule has 1 aliphatic rings.